The Kier molecular flexibility index (Phi) is 32.3. The number of carbonyl (C=O) groups is 3. The largest absolute Gasteiger partial charge is 0.545 e. The zero-order valence-corrected chi connectivity index (χ0v) is 33.1. The lowest BCUT2D eigenvalue weighted by Crippen LogP contribution is -2.44. The summed E-state index contributed by atoms with van der Waals surface area (Å²) in [5.74, 6) is -2.58. The first-order chi connectivity index (χ1) is 25.6. The first-order valence-electron chi connectivity index (χ1n) is 19.0. The molecule has 0 aliphatic carbocycles. The number of carbonyl (C=O) groups excluding carboxylic acids is 3. The zero-order valence-electron chi connectivity index (χ0n) is 33.1. The molecule has 9 nitrogen and oxygen atoms in total. The predicted octanol–water partition coefficient (Wildman–Crippen LogP) is 7.98. The van der Waals surface area contributed by atoms with Crippen LogP contribution in [0.3, 0.4) is 0 Å². The second-order valence-electron chi connectivity index (χ2n) is 13.1. The van der Waals surface area contributed by atoms with E-state index in [4.69, 9.17) is 18.9 Å². The van der Waals surface area contributed by atoms with E-state index in [9.17, 15) is 19.5 Å². The quantitative estimate of drug-likeness (QED) is 0.0296. The van der Waals surface area contributed by atoms with Crippen LogP contribution in [0.2, 0.25) is 0 Å². The van der Waals surface area contributed by atoms with Crippen LogP contribution in [-0.4, -0.2) is 82.3 Å². The fourth-order valence-electron chi connectivity index (χ4n) is 4.15. The van der Waals surface area contributed by atoms with Gasteiger partial charge in [0.15, 0.2) is 12.4 Å². The van der Waals surface area contributed by atoms with Crippen molar-refractivity contribution < 1.29 is 42.9 Å². The molecule has 0 aliphatic rings. The van der Waals surface area contributed by atoms with Crippen LogP contribution in [0.1, 0.15) is 90.9 Å². The average Bonchev–Trinajstić information content (AvgIpc) is 3.11. The number of rotatable bonds is 32. The van der Waals surface area contributed by atoms with E-state index in [1.54, 1.807) is 6.08 Å². The topological polar surface area (TPSA) is 111 Å². The lowest BCUT2D eigenvalue weighted by molar-refractivity contribution is -0.870. The molecule has 9 heteroatoms. The maximum absolute atomic E-state index is 12.6. The molecule has 0 N–H and O–H groups in total. The Labute approximate surface area is 320 Å². The van der Waals surface area contributed by atoms with E-state index in [1.165, 1.54) is 0 Å². The summed E-state index contributed by atoms with van der Waals surface area (Å²) in [5.41, 5.74) is 0. The molecular formula is C44H67NO8. The van der Waals surface area contributed by atoms with Crippen LogP contribution >= 0.6 is 0 Å². The fraction of sp³-hybridized carbons (Fsp3) is 0.523. The van der Waals surface area contributed by atoms with Gasteiger partial charge in [-0.3, -0.25) is 9.59 Å². The monoisotopic (exact) mass is 737 g/mol. The lowest BCUT2D eigenvalue weighted by Gasteiger charge is -2.26. The van der Waals surface area contributed by atoms with Gasteiger partial charge in [0.1, 0.15) is 13.2 Å². The molecular weight excluding hydrogens is 670 g/mol. The van der Waals surface area contributed by atoms with Crippen LogP contribution in [0.5, 0.6) is 0 Å². The van der Waals surface area contributed by atoms with Crippen molar-refractivity contribution >= 4 is 17.9 Å². The molecule has 0 aliphatic heterocycles. The normalized spacial score (nSPS) is 14.2. The molecule has 0 radical (unpaired) electrons. The van der Waals surface area contributed by atoms with E-state index >= 15 is 0 Å². The summed E-state index contributed by atoms with van der Waals surface area (Å²) in [6.07, 6.45) is 43.2. The molecule has 0 saturated heterocycles. The summed E-state index contributed by atoms with van der Waals surface area (Å²) in [5, 5.41) is 11.6. The number of carboxylic acid groups (broad SMARTS) is 1. The summed E-state index contributed by atoms with van der Waals surface area (Å²) in [6.45, 7) is 4.25. The minimum Gasteiger partial charge on any atom is -0.545 e. The molecule has 0 rings (SSSR count). The molecule has 296 valence electrons. The summed E-state index contributed by atoms with van der Waals surface area (Å²) < 4.78 is 22.2. The third kappa shape index (κ3) is 36.1. The van der Waals surface area contributed by atoms with Gasteiger partial charge in [-0.15, -0.1) is 0 Å². The Bertz CT molecular complexity index is 1230. The van der Waals surface area contributed by atoms with E-state index in [0.29, 0.717) is 23.9 Å². The molecule has 0 heterocycles. The van der Waals surface area contributed by atoms with Gasteiger partial charge in [0.25, 0.3) is 0 Å². The van der Waals surface area contributed by atoms with Crippen LogP contribution in [0.4, 0.5) is 0 Å². The highest BCUT2D eigenvalue weighted by Gasteiger charge is 2.21. The Morgan fingerprint density at radius 3 is 1.43 bits per heavy atom. The molecule has 0 saturated carbocycles. The van der Waals surface area contributed by atoms with Crippen LogP contribution in [-0.2, 0) is 33.3 Å². The first-order valence-corrected chi connectivity index (χ1v) is 19.0. The van der Waals surface area contributed by atoms with Crippen molar-refractivity contribution in [2.45, 2.75) is 103 Å². The Morgan fingerprint density at radius 2 is 1.00 bits per heavy atom. The van der Waals surface area contributed by atoms with Gasteiger partial charge in [0, 0.05) is 6.42 Å². The van der Waals surface area contributed by atoms with Gasteiger partial charge < -0.3 is 33.3 Å². The van der Waals surface area contributed by atoms with Crippen LogP contribution < -0.4 is 5.11 Å². The van der Waals surface area contributed by atoms with Gasteiger partial charge >= 0.3 is 11.9 Å². The highest BCUT2D eigenvalue weighted by molar-refractivity contribution is 5.72. The van der Waals surface area contributed by atoms with Gasteiger partial charge in [-0.25, -0.2) is 0 Å². The number of carboxylic acids is 1. The summed E-state index contributed by atoms with van der Waals surface area (Å²) >= 11 is 0. The van der Waals surface area contributed by atoms with E-state index in [0.717, 1.165) is 51.4 Å². The Hall–Kier alpha value is -4.05. The van der Waals surface area contributed by atoms with Crippen molar-refractivity contribution in [2.24, 2.45) is 0 Å². The highest BCUT2D eigenvalue weighted by Crippen LogP contribution is 2.06. The Morgan fingerprint density at radius 1 is 0.566 bits per heavy atom. The number of ether oxygens (including phenoxy) is 4. The van der Waals surface area contributed by atoms with Gasteiger partial charge in [-0.05, 0) is 64.2 Å². The zero-order chi connectivity index (χ0) is 39.3. The molecule has 0 fully saturated rings. The minimum absolute atomic E-state index is 0.00624. The predicted molar refractivity (Wildman–Crippen MR) is 213 cm³/mol. The summed E-state index contributed by atoms with van der Waals surface area (Å²) in [6, 6.07) is 0. The van der Waals surface area contributed by atoms with Crippen LogP contribution in [0, 0.1) is 0 Å². The van der Waals surface area contributed by atoms with Crippen LogP contribution in [0.25, 0.3) is 0 Å². The molecule has 2 unspecified atom stereocenters. The van der Waals surface area contributed by atoms with E-state index in [1.807, 2.05) is 45.4 Å². The summed E-state index contributed by atoms with van der Waals surface area (Å²) in [4.78, 5) is 36.7. The van der Waals surface area contributed by atoms with Crippen molar-refractivity contribution in [3.63, 3.8) is 0 Å². The number of likely N-dealkylation sites (N-methyl/N-ethyl adjacent to an activating group) is 1. The smallest absolute Gasteiger partial charge is 0.310 e. The number of quaternary nitrogens is 1. The second kappa shape index (κ2) is 35.0. The second-order valence-corrected chi connectivity index (χ2v) is 13.1. The van der Waals surface area contributed by atoms with Crippen molar-refractivity contribution in [3.05, 3.63) is 109 Å². The standard InChI is InChI=1S/C44H67NO8/c1-6-8-10-12-14-16-18-20-21-23-25-27-29-31-33-35-42(47)53-40(39-52-44(43(48)49)50-37-36-45(3,4)5)38-51-41(46)34-32-30-28-26-24-22-19-17-15-13-11-9-7-2/h8-11,14-17,20-22,24-25,27-28,30-31,33,40,44H,6-7,12-13,18-19,23,26,29,32,34-39H2,1-5H3/b10-8-,11-9-,16-14-,17-15-,21-20-,24-22-,27-25-,30-28-,33-31-. The SMILES string of the molecule is CC/C=C\C/C=C\C/C=C\C/C=C\C/C=C\CC(=O)OC(COC(=O)CC/C=C\C/C=C\C/C=C\C/C=C\CC)COC(OCC[N+](C)(C)C)C(=O)[O-]. The van der Waals surface area contributed by atoms with Crippen molar-refractivity contribution in [1.29, 1.82) is 0 Å². The molecule has 0 aromatic heterocycles. The summed E-state index contributed by atoms with van der Waals surface area (Å²) in [7, 11) is 5.83. The lowest BCUT2D eigenvalue weighted by atomic mass is 10.2. The van der Waals surface area contributed by atoms with E-state index < -0.39 is 30.3 Å². The van der Waals surface area contributed by atoms with Gasteiger partial charge in [-0.2, -0.15) is 0 Å². The number of hydrogen-bond donors (Lipinski definition) is 0. The number of hydrogen-bond acceptors (Lipinski definition) is 8. The third-order valence-corrected chi connectivity index (χ3v) is 7.06. The molecule has 0 aromatic carbocycles. The molecule has 53 heavy (non-hydrogen) atoms. The molecule has 0 bridgehead atoms. The number of esters is 2. The minimum atomic E-state index is -1.66. The maximum Gasteiger partial charge on any atom is 0.310 e. The molecule has 0 amide bonds. The number of aliphatic carboxylic acids is 1. The molecule has 0 aromatic rings. The fourth-order valence-corrected chi connectivity index (χ4v) is 4.15. The molecule has 0 spiro atoms. The van der Waals surface area contributed by atoms with E-state index in [2.05, 4.69) is 92.8 Å². The van der Waals surface area contributed by atoms with Gasteiger partial charge in [-0.1, -0.05) is 123 Å². The first kappa shape index (κ1) is 49.0. The third-order valence-electron chi connectivity index (χ3n) is 7.06. The van der Waals surface area contributed by atoms with Crippen molar-refractivity contribution in [2.75, 3.05) is 47.5 Å². The van der Waals surface area contributed by atoms with E-state index in [-0.39, 0.29) is 32.7 Å². The van der Waals surface area contributed by atoms with Crippen molar-refractivity contribution in [1.82, 2.24) is 0 Å². The number of nitrogens with zero attached hydrogens (tertiary/aromatic N) is 1. The highest BCUT2D eigenvalue weighted by atomic mass is 16.7. The number of allylic oxidation sites excluding steroid dienone is 17. The molecule has 2 atom stereocenters. The van der Waals surface area contributed by atoms with Gasteiger partial charge in [0.05, 0.1) is 46.7 Å². The average molecular weight is 738 g/mol. The van der Waals surface area contributed by atoms with Gasteiger partial charge in [0.2, 0.25) is 0 Å². The Balaban J connectivity index is 4.83. The van der Waals surface area contributed by atoms with Crippen molar-refractivity contribution in [3.8, 4) is 0 Å². The maximum atomic E-state index is 12.6. The van der Waals surface area contributed by atoms with Crippen LogP contribution in [0.15, 0.2) is 109 Å².